The molecule has 0 amide bonds. The van der Waals surface area contributed by atoms with Crippen LogP contribution in [0.5, 0.6) is 5.75 Å². The number of carbonyl (C=O) groups is 1. The second-order valence-corrected chi connectivity index (χ2v) is 15.2. The summed E-state index contributed by atoms with van der Waals surface area (Å²) in [4.78, 5) is 13.2. The Morgan fingerprint density at radius 3 is 2.60 bits per heavy atom. The number of carbonyl (C=O) groups excluding carboxylic acids is 1. The van der Waals surface area contributed by atoms with E-state index in [1.807, 2.05) is 23.5 Å². The molecule has 0 N–H and O–H groups in total. The van der Waals surface area contributed by atoms with Crippen molar-refractivity contribution in [2.75, 3.05) is 11.4 Å². The first-order chi connectivity index (χ1) is 24.3. The third-order valence-electron chi connectivity index (χ3n) is 9.62. The lowest BCUT2D eigenvalue weighted by Gasteiger charge is -2.30. The molecule has 1 aliphatic carbocycles. The number of aryl methyl sites for hydroxylation is 1. The number of aliphatic carboxylic acids is 1. The number of fused-ring (bicyclic) bond motifs is 4. The van der Waals surface area contributed by atoms with Crippen molar-refractivity contribution in [1.82, 2.24) is 0 Å². The summed E-state index contributed by atoms with van der Waals surface area (Å²) in [6.45, 7) is 8.61. The summed E-state index contributed by atoms with van der Waals surface area (Å²) in [7, 11) is 0. The van der Waals surface area contributed by atoms with Gasteiger partial charge in [-0.3, -0.25) is 0 Å². The van der Waals surface area contributed by atoms with Gasteiger partial charge in [0.1, 0.15) is 11.2 Å². The lowest BCUT2D eigenvalue weighted by Crippen LogP contribution is -2.33. The molecule has 5 nitrogen and oxygen atoms in total. The Bertz CT molecular complexity index is 2170. The average Bonchev–Trinajstić information content (AvgIpc) is 3.64. The molecule has 0 fully saturated rings. The maximum absolute atomic E-state index is 10.9. The molecular formula is C44H44N2O3S. The number of carboxylic acids is 1. The van der Waals surface area contributed by atoms with E-state index in [4.69, 9.17) is 4.74 Å². The van der Waals surface area contributed by atoms with E-state index in [0.29, 0.717) is 6.42 Å². The number of hydrogen-bond acceptors (Lipinski definition) is 5. The normalized spacial score (nSPS) is 17.2. The number of allylic oxidation sites excluding steroid dienone is 6. The largest absolute Gasteiger partial charge is 0.550 e. The Kier molecular flexibility index (Phi) is 9.73. The average molecular weight is 681 g/mol. The van der Waals surface area contributed by atoms with Gasteiger partial charge in [0.2, 0.25) is 11.4 Å². The molecular weight excluding hydrogens is 637 g/mol. The number of nitrogens with zero attached hydrogens (tertiary/aromatic N) is 2. The fourth-order valence-electron chi connectivity index (χ4n) is 7.40. The predicted molar refractivity (Wildman–Crippen MR) is 205 cm³/mol. The predicted octanol–water partition coefficient (Wildman–Crippen LogP) is 9.77. The molecule has 0 spiro atoms. The minimum Gasteiger partial charge on any atom is -0.550 e. The second kappa shape index (κ2) is 14.5. The number of anilines is 1. The van der Waals surface area contributed by atoms with Crippen LogP contribution >= 0.6 is 11.3 Å². The molecule has 0 saturated carbocycles. The molecule has 4 aromatic carbocycles. The van der Waals surface area contributed by atoms with Crippen LogP contribution in [0.3, 0.4) is 0 Å². The van der Waals surface area contributed by atoms with Crippen LogP contribution in [0.2, 0.25) is 0 Å². The number of hydrogen-bond donors (Lipinski definition) is 0. The third kappa shape index (κ3) is 7.31. The molecule has 2 heterocycles. The van der Waals surface area contributed by atoms with Gasteiger partial charge >= 0.3 is 0 Å². The van der Waals surface area contributed by atoms with Gasteiger partial charge in [-0.15, -0.1) is 0 Å². The van der Waals surface area contributed by atoms with Crippen LogP contribution in [0.1, 0.15) is 64.3 Å². The molecule has 7 rings (SSSR count). The molecule has 0 bridgehead atoms. The molecule has 0 unspecified atom stereocenters. The van der Waals surface area contributed by atoms with Crippen LogP contribution in [0.4, 0.5) is 5.69 Å². The van der Waals surface area contributed by atoms with Crippen LogP contribution in [-0.2, 0) is 11.3 Å². The third-order valence-corrected chi connectivity index (χ3v) is 10.7. The van der Waals surface area contributed by atoms with Gasteiger partial charge in [-0.2, -0.15) is 4.57 Å². The van der Waals surface area contributed by atoms with Gasteiger partial charge < -0.3 is 19.5 Å². The van der Waals surface area contributed by atoms with Crippen molar-refractivity contribution < 1.29 is 19.2 Å². The summed E-state index contributed by atoms with van der Waals surface area (Å²) in [5, 5.41) is 14.8. The van der Waals surface area contributed by atoms with Crippen molar-refractivity contribution in [2.24, 2.45) is 5.41 Å². The minimum atomic E-state index is -0.988. The first-order valence-electron chi connectivity index (χ1n) is 17.8. The van der Waals surface area contributed by atoms with E-state index in [1.165, 1.54) is 37.1 Å². The smallest absolute Gasteiger partial charge is 0.263 e. The van der Waals surface area contributed by atoms with Crippen molar-refractivity contribution in [1.29, 1.82) is 0 Å². The van der Waals surface area contributed by atoms with E-state index in [1.54, 1.807) is 0 Å². The molecule has 0 radical (unpaired) electrons. The Morgan fingerprint density at radius 2 is 1.78 bits per heavy atom. The number of ether oxygens (including phenoxy) is 1. The highest BCUT2D eigenvalue weighted by molar-refractivity contribution is 7.19. The summed E-state index contributed by atoms with van der Waals surface area (Å²) in [5.41, 5.74) is 7.44. The van der Waals surface area contributed by atoms with Gasteiger partial charge in [0.15, 0.2) is 5.75 Å². The maximum atomic E-state index is 10.9. The fraction of sp³-hybridized carbons (Fsp3) is 0.273. The number of unbranched alkanes of at least 4 members (excludes halogenated alkanes) is 2. The molecule has 50 heavy (non-hydrogen) atoms. The van der Waals surface area contributed by atoms with Gasteiger partial charge in [0.25, 0.3) is 5.01 Å². The van der Waals surface area contributed by atoms with Gasteiger partial charge in [0.05, 0.1) is 11.1 Å². The fourth-order valence-corrected chi connectivity index (χ4v) is 8.62. The molecule has 2 aliphatic rings. The Hall–Kier alpha value is -4.94. The van der Waals surface area contributed by atoms with E-state index >= 15 is 0 Å². The van der Waals surface area contributed by atoms with Gasteiger partial charge in [-0.1, -0.05) is 110 Å². The van der Waals surface area contributed by atoms with Crippen molar-refractivity contribution >= 4 is 50.1 Å². The number of aromatic nitrogens is 1. The van der Waals surface area contributed by atoms with E-state index in [2.05, 4.69) is 133 Å². The van der Waals surface area contributed by atoms with E-state index < -0.39 is 5.97 Å². The number of benzene rings is 4. The highest BCUT2D eigenvalue weighted by Gasteiger charge is 2.28. The highest BCUT2D eigenvalue weighted by Crippen LogP contribution is 2.43. The van der Waals surface area contributed by atoms with Gasteiger partial charge in [-0.25, -0.2) is 0 Å². The molecule has 1 aromatic heterocycles. The molecule has 254 valence electrons. The Balaban J connectivity index is 1.16. The van der Waals surface area contributed by atoms with Crippen LogP contribution in [-0.4, -0.2) is 12.5 Å². The summed E-state index contributed by atoms with van der Waals surface area (Å²) >= 11 is 1.87. The van der Waals surface area contributed by atoms with E-state index in [9.17, 15) is 9.90 Å². The quantitative estimate of drug-likeness (QED) is 0.103. The SMILES string of the molecule is CC[n+]1c(/C=C2C=C(/C=C/C=C3\Oc4ccc(-c5ccccc5)cc4N3CCCCCC(=O)[O-])CC(C)(C)C/2)sc2ccc3ccccc3c21. The summed E-state index contributed by atoms with van der Waals surface area (Å²) in [6, 6.07) is 29.9. The van der Waals surface area contributed by atoms with E-state index in [-0.39, 0.29) is 11.8 Å². The Labute approximate surface area is 299 Å². The van der Waals surface area contributed by atoms with Crippen LogP contribution < -0.4 is 19.3 Å². The first-order valence-corrected chi connectivity index (χ1v) is 18.6. The zero-order chi connectivity index (χ0) is 34.7. The van der Waals surface area contributed by atoms with Gasteiger partial charge in [-0.05, 0) is 102 Å². The zero-order valence-electron chi connectivity index (χ0n) is 29.2. The van der Waals surface area contributed by atoms with Crippen molar-refractivity contribution in [2.45, 2.75) is 65.8 Å². The van der Waals surface area contributed by atoms with E-state index in [0.717, 1.165) is 67.2 Å². The second-order valence-electron chi connectivity index (χ2n) is 14.1. The topological polar surface area (TPSA) is 56.5 Å². The highest BCUT2D eigenvalue weighted by atomic mass is 32.1. The molecule has 0 atom stereocenters. The van der Waals surface area contributed by atoms with Crippen LogP contribution in [0.25, 0.3) is 38.2 Å². The lowest BCUT2D eigenvalue weighted by atomic mass is 9.75. The molecule has 6 heteroatoms. The Morgan fingerprint density at radius 1 is 0.960 bits per heavy atom. The molecule has 5 aromatic rings. The maximum Gasteiger partial charge on any atom is 0.263 e. The summed E-state index contributed by atoms with van der Waals surface area (Å²) in [5.74, 6) is 0.634. The van der Waals surface area contributed by atoms with Crippen molar-refractivity contribution in [3.8, 4) is 16.9 Å². The van der Waals surface area contributed by atoms with Crippen molar-refractivity contribution in [3.05, 3.63) is 131 Å². The monoisotopic (exact) mass is 680 g/mol. The van der Waals surface area contributed by atoms with Crippen LogP contribution in [0.15, 0.2) is 126 Å². The lowest BCUT2D eigenvalue weighted by molar-refractivity contribution is -0.664. The minimum absolute atomic E-state index is 0.0941. The molecule has 0 saturated heterocycles. The molecule has 1 aliphatic heterocycles. The van der Waals surface area contributed by atoms with Crippen LogP contribution in [0, 0.1) is 5.41 Å². The number of carboxylic acid groups (broad SMARTS) is 1. The standard InChI is InChI=1S/C44H44N2O3S/c1-4-45-41(50-39-24-22-34-17-10-11-18-36(34)43(39)45)27-32-26-31(29-44(2,3)30-32)14-13-19-40-46(25-12-6-9-20-42(47)48)37-28-35(21-23-38(37)49-40)33-15-7-5-8-16-33/h5,7-8,10-11,13-19,21-24,26-28H,4,6,9,12,20,25,29-30H2,1-3H3. The summed E-state index contributed by atoms with van der Waals surface area (Å²) in [6.07, 6.45) is 15.6. The zero-order valence-corrected chi connectivity index (χ0v) is 30.0. The van der Waals surface area contributed by atoms with Crippen molar-refractivity contribution in [3.63, 3.8) is 0 Å². The number of rotatable bonds is 11. The van der Waals surface area contributed by atoms with Gasteiger partial charge in [0, 0.05) is 18.6 Å². The number of thiazole rings is 1. The summed E-state index contributed by atoms with van der Waals surface area (Å²) < 4.78 is 10.2. The first kappa shape index (κ1) is 33.6.